The van der Waals surface area contributed by atoms with Crippen molar-refractivity contribution in [3.8, 4) is 0 Å². The van der Waals surface area contributed by atoms with Gasteiger partial charge in [-0.2, -0.15) is 0 Å². The Kier molecular flexibility index (Phi) is 4.15. The van der Waals surface area contributed by atoms with E-state index in [4.69, 9.17) is 5.11 Å². The van der Waals surface area contributed by atoms with Crippen LogP contribution in [0, 0.1) is 0 Å². The van der Waals surface area contributed by atoms with Crippen LogP contribution in [0.3, 0.4) is 0 Å². The Labute approximate surface area is 108 Å². The van der Waals surface area contributed by atoms with Gasteiger partial charge in [-0.3, -0.25) is 4.90 Å². The lowest BCUT2D eigenvalue weighted by Gasteiger charge is -2.15. The molecule has 0 bridgehead atoms. The van der Waals surface area contributed by atoms with E-state index < -0.39 is 5.97 Å². The highest BCUT2D eigenvalue weighted by atomic mass is 16.4. The van der Waals surface area contributed by atoms with Gasteiger partial charge in [-0.25, -0.2) is 4.79 Å². The van der Waals surface area contributed by atoms with E-state index in [1.165, 1.54) is 42.0 Å². The molecule has 1 aliphatic carbocycles. The van der Waals surface area contributed by atoms with Crippen LogP contribution in [-0.4, -0.2) is 29.6 Å². The van der Waals surface area contributed by atoms with Gasteiger partial charge in [-0.15, -0.1) is 0 Å². The Hall–Kier alpha value is -1.61. The molecule has 0 spiro atoms. The molecule has 0 amide bonds. The molecule has 1 aliphatic rings. The Morgan fingerprint density at radius 2 is 2.17 bits per heavy atom. The fourth-order valence-electron chi connectivity index (χ4n) is 2.43. The van der Waals surface area contributed by atoms with Crippen molar-refractivity contribution in [3.05, 3.63) is 47.0 Å². The van der Waals surface area contributed by atoms with Crippen LogP contribution in [0.25, 0.3) is 0 Å². The van der Waals surface area contributed by atoms with Crippen LogP contribution >= 0.6 is 0 Å². The van der Waals surface area contributed by atoms with Gasteiger partial charge in [0.15, 0.2) is 0 Å². The van der Waals surface area contributed by atoms with Crippen molar-refractivity contribution in [1.82, 2.24) is 4.90 Å². The number of benzene rings is 1. The fraction of sp³-hybridized carbons (Fsp3) is 0.400. The zero-order valence-electron chi connectivity index (χ0n) is 10.7. The first-order chi connectivity index (χ1) is 8.65. The minimum atomic E-state index is -0.888. The van der Waals surface area contributed by atoms with Crippen LogP contribution in [0.2, 0.25) is 0 Å². The highest BCUT2D eigenvalue weighted by Gasteiger charge is 2.11. The van der Waals surface area contributed by atoms with Crippen molar-refractivity contribution in [2.45, 2.75) is 25.8 Å². The lowest BCUT2D eigenvalue weighted by atomic mass is 10.1. The maximum atomic E-state index is 10.4. The van der Waals surface area contributed by atoms with Crippen molar-refractivity contribution in [2.75, 3.05) is 13.6 Å². The molecule has 0 heterocycles. The van der Waals surface area contributed by atoms with Crippen LogP contribution in [0.15, 0.2) is 30.4 Å². The van der Waals surface area contributed by atoms with Gasteiger partial charge in [-0.1, -0.05) is 24.3 Å². The van der Waals surface area contributed by atoms with E-state index in [1.54, 1.807) is 6.08 Å². The van der Waals surface area contributed by atoms with Gasteiger partial charge >= 0.3 is 5.97 Å². The number of carbonyl (C=O) groups is 1. The Morgan fingerprint density at radius 3 is 2.94 bits per heavy atom. The summed E-state index contributed by atoms with van der Waals surface area (Å²) in [6.07, 6.45) is 6.56. The van der Waals surface area contributed by atoms with Gasteiger partial charge in [0.25, 0.3) is 0 Å². The minimum Gasteiger partial charge on any atom is -0.478 e. The highest BCUT2D eigenvalue weighted by Crippen LogP contribution is 2.23. The number of likely N-dealkylation sites (N-methyl/N-ethyl adjacent to an activating group) is 1. The molecular formula is C15H19NO2. The molecule has 0 saturated carbocycles. The molecule has 1 N–H and O–H groups in total. The number of rotatable bonds is 5. The van der Waals surface area contributed by atoms with E-state index >= 15 is 0 Å². The number of nitrogens with zero attached hydrogens (tertiary/aromatic N) is 1. The van der Waals surface area contributed by atoms with Crippen molar-refractivity contribution in [3.63, 3.8) is 0 Å². The van der Waals surface area contributed by atoms with Crippen molar-refractivity contribution in [1.29, 1.82) is 0 Å². The van der Waals surface area contributed by atoms with Gasteiger partial charge in [0.05, 0.1) is 0 Å². The second kappa shape index (κ2) is 5.83. The fourth-order valence-corrected chi connectivity index (χ4v) is 2.43. The number of carboxylic acids is 1. The normalized spacial score (nSPS) is 14.3. The quantitative estimate of drug-likeness (QED) is 0.809. The molecule has 0 atom stereocenters. The van der Waals surface area contributed by atoms with Crippen LogP contribution in [-0.2, 0) is 24.2 Å². The van der Waals surface area contributed by atoms with Crippen LogP contribution in [0.5, 0.6) is 0 Å². The molecule has 0 unspecified atom stereocenters. The first-order valence-electron chi connectivity index (χ1n) is 6.34. The lowest BCUT2D eigenvalue weighted by Crippen LogP contribution is -2.18. The second-order valence-electron chi connectivity index (χ2n) is 4.89. The van der Waals surface area contributed by atoms with Gasteiger partial charge in [-0.05, 0) is 43.0 Å². The molecule has 0 aliphatic heterocycles. The third-order valence-electron chi connectivity index (χ3n) is 3.29. The van der Waals surface area contributed by atoms with Gasteiger partial charge < -0.3 is 5.11 Å². The van der Waals surface area contributed by atoms with Crippen LogP contribution in [0.1, 0.15) is 23.1 Å². The number of hydrogen-bond acceptors (Lipinski definition) is 2. The third-order valence-corrected chi connectivity index (χ3v) is 3.29. The summed E-state index contributed by atoms with van der Waals surface area (Å²) in [5.74, 6) is -0.888. The maximum Gasteiger partial charge on any atom is 0.328 e. The lowest BCUT2D eigenvalue weighted by molar-refractivity contribution is -0.131. The number of fused-ring (bicyclic) bond motifs is 1. The average Bonchev–Trinajstić information content (AvgIpc) is 2.75. The molecule has 1 aromatic carbocycles. The Balaban J connectivity index is 1.91. The SMILES string of the molecule is CN(C/C=C/C(=O)O)Cc1ccc2c(c1)CCC2. The molecule has 3 heteroatoms. The Morgan fingerprint density at radius 1 is 1.39 bits per heavy atom. The maximum absolute atomic E-state index is 10.4. The summed E-state index contributed by atoms with van der Waals surface area (Å²) in [5, 5.41) is 8.52. The number of aryl methyl sites for hydroxylation is 2. The molecule has 0 aromatic heterocycles. The van der Waals surface area contributed by atoms with Crippen molar-refractivity contribution >= 4 is 5.97 Å². The van der Waals surface area contributed by atoms with E-state index in [9.17, 15) is 4.79 Å². The number of hydrogen-bond donors (Lipinski definition) is 1. The third kappa shape index (κ3) is 3.44. The molecule has 0 radical (unpaired) electrons. The predicted octanol–water partition coefficient (Wildman–Crippen LogP) is 2.25. The number of carboxylic acid groups (broad SMARTS) is 1. The summed E-state index contributed by atoms with van der Waals surface area (Å²) in [4.78, 5) is 12.5. The zero-order chi connectivity index (χ0) is 13.0. The van der Waals surface area contributed by atoms with Crippen molar-refractivity contribution < 1.29 is 9.90 Å². The summed E-state index contributed by atoms with van der Waals surface area (Å²) in [6, 6.07) is 6.71. The molecule has 0 saturated heterocycles. The molecule has 18 heavy (non-hydrogen) atoms. The topological polar surface area (TPSA) is 40.5 Å². The molecule has 2 rings (SSSR count). The van der Waals surface area contributed by atoms with E-state index in [-0.39, 0.29) is 0 Å². The van der Waals surface area contributed by atoms with Gasteiger partial charge in [0.1, 0.15) is 0 Å². The highest BCUT2D eigenvalue weighted by molar-refractivity contribution is 5.79. The van der Waals surface area contributed by atoms with E-state index in [0.717, 1.165) is 6.54 Å². The summed E-state index contributed by atoms with van der Waals surface area (Å²) < 4.78 is 0. The standard InChI is InChI=1S/C15H19NO2/c1-16(9-3-6-15(17)18)11-12-7-8-13-4-2-5-14(13)10-12/h3,6-8,10H,2,4-5,9,11H2,1H3,(H,17,18)/b6-3+. The average molecular weight is 245 g/mol. The molecule has 0 fully saturated rings. The molecule has 96 valence electrons. The molecular weight excluding hydrogens is 226 g/mol. The first kappa shape index (κ1) is 12.8. The van der Waals surface area contributed by atoms with Crippen molar-refractivity contribution in [2.24, 2.45) is 0 Å². The van der Waals surface area contributed by atoms with E-state index in [2.05, 4.69) is 23.1 Å². The van der Waals surface area contributed by atoms with Gasteiger partial charge in [0, 0.05) is 19.2 Å². The van der Waals surface area contributed by atoms with E-state index in [0.29, 0.717) is 6.54 Å². The summed E-state index contributed by atoms with van der Waals surface area (Å²) in [6.45, 7) is 1.51. The first-order valence-corrected chi connectivity index (χ1v) is 6.34. The summed E-state index contributed by atoms with van der Waals surface area (Å²) in [7, 11) is 2.00. The minimum absolute atomic E-state index is 0.656. The Bertz CT molecular complexity index is 466. The van der Waals surface area contributed by atoms with E-state index in [1.807, 2.05) is 7.05 Å². The second-order valence-corrected chi connectivity index (χ2v) is 4.89. The summed E-state index contributed by atoms with van der Waals surface area (Å²) >= 11 is 0. The zero-order valence-corrected chi connectivity index (χ0v) is 10.7. The smallest absolute Gasteiger partial charge is 0.328 e. The monoisotopic (exact) mass is 245 g/mol. The molecule has 3 nitrogen and oxygen atoms in total. The number of aliphatic carboxylic acids is 1. The van der Waals surface area contributed by atoms with Gasteiger partial charge in [0.2, 0.25) is 0 Å². The molecule has 1 aromatic rings. The summed E-state index contributed by atoms with van der Waals surface area (Å²) in [5.41, 5.74) is 4.29. The predicted molar refractivity (Wildman–Crippen MR) is 71.6 cm³/mol. The largest absolute Gasteiger partial charge is 0.478 e. The van der Waals surface area contributed by atoms with Crippen LogP contribution in [0.4, 0.5) is 0 Å². The van der Waals surface area contributed by atoms with Crippen LogP contribution < -0.4 is 0 Å².